The summed E-state index contributed by atoms with van der Waals surface area (Å²) in [7, 11) is 0. The molecular formula is C17H19N3O4. The second kappa shape index (κ2) is 6.82. The Morgan fingerprint density at radius 2 is 2.12 bits per heavy atom. The van der Waals surface area contributed by atoms with Crippen LogP contribution in [0.1, 0.15) is 42.5 Å². The number of fused-ring (bicyclic) bond motifs is 1. The fraction of sp³-hybridized carbons (Fsp3) is 0.412. The van der Waals surface area contributed by atoms with Crippen LogP contribution < -0.4 is 5.56 Å². The molecule has 3 rings (SSSR count). The predicted molar refractivity (Wildman–Crippen MR) is 87.0 cm³/mol. The molecule has 0 saturated carbocycles. The number of aromatic nitrogens is 2. The smallest absolute Gasteiger partial charge is 0.303 e. The highest BCUT2D eigenvalue weighted by Crippen LogP contribution is 2.22. The first-order valence-corrected chi connectivity index (χ1v) is 8.07. The molecule has 2 aromatic heterocycles. The Kier molecular flexibility index (Phi) is 4.59. The summed E-state index contributed by atoms with van der Waals surface area (Å²) in [6, 6.07) is 5.04. The summed E-state index contributed by atoms with van der Waals surface area (Å²) in [6.07, 6.45) is 5.91. The summed E-state index contributed by atoms with van der Waals surface area (Å²) in [4.78, 5) is 42.1. The van der Waals surface area contributed by atoms with Crippen molar-refractivity contribution in [2.24, 2.45) is 0 Å². The molecule has 0 aromatic carbocycles. The number of carbonyl (C=O) groups is 2. The predicted octanol–water partition coefficient (Wildman–Crippen LogP) is 1.55. The first kappa shape index (κ1) is 16.2. The number of hydrogen-bond donors (Lipinski definition) is 1. The molecule has 1 saturated heterocycles. The van der Waals surface area contributed by atoms with Crippen molar-refractivity contribution in [1.82, 2.24) is 14.3 Å². The van der Waals surface area contributed by atoms with Gasteiger partial charge in [0.25, 0.3) is 11.5 Å². The fourth-order valence-electron chi connectivity index (χ4n) is 3.19. The van der Waals surface area contributed by atoms with Crippen molar-refractivity contribution >= 4 is 17.5 Å². The van der Waals surface area contributed by atoms with E-state index in [1.165, 1.54) is 10.6 Å². The van der Waals surface area contributed by atoms with Crippen LogP contribution in [-0.4, -0.2) is 43.9 Å². The molecule has 1 aliphatic heterocycles. The van der Waals surface area contributed by atoms with Gasteiger partial charge in [0.1, 0.15) is 11.2 Å². The number of pyridine rings is 1. The minimum absolute atomic E-state index is 0.0173. The highest BCUT2D eigenvalue weighted by Gasteiger charge is 2.29. The lowest BCUT2D eigenvalue weighted by Gasteiger charge is -2.35. The van der Waals surface area contributed by atoms with Gasteiger partial charge in [-0.1, -0.05) is 6.07 Å². The van der Waals surface area contributed by atoms with E-state index < -0.39 is 11.5 Å². The third-order valence-electron chi connectivity index (χ3n) is 4.42. The van der Waals surface area contributed by atoms with Gasteiger partial charge in [-0.3, -0.25) is 18.8 Å². The Balaban J connectivity index is 1.90. The number of nitrogens with zero attached hydrogens (tertiary/aromatic N) is 3. The Morgan fingerprint density at radius 1 is 1.29 bits per heavy atom. The number of piperidine rings is 1. The van der Waals surface area contributed by atoms with Crippen LogP contribution in [0.4, 0.5) is 0 Å². The highest BCUT2D eigenvalue weighted by molar-refractivity contribution is 5.94. The third-order valence-corrected chi connectivity index (χ3v) is 4.42. The van der Waals surface area contributed by atoms with E-state index in [1.807, 2.05) is 0 Å². The molecule has 24 heavy (non-hydrogen) atoms. The van der Waals surface area contributed by atoms with Crippen LogP contribution in [-0.2, 0) is 4.79 Å². The van der Waals surface area contributed by atoms with Crippen molar-refractivity contribution in [3.8, 4) is 0 Å². The normalized spacial score (nSPS) is 17.8. The van der Waals surface area contributed by atoms with Crippen LogP contribution in [0.3, 0.4) is 0 Å². The summed E-state index contributed by atoms with van der Waals surface area (Å²) in [5.74, 6) is -1.23. The van der Waals surface area contributed by atoms with Gasteiger partial charge in [-0.05, 0) is 37.8 Å². The molecule has 0 aliphatic carbocycles. The molecular weight excluding hydrogens is 310 g/mol. The molecule has 1 aliphatic rings. The number of carboxylic acid groups (broad SMARTS) is 1. The number of amides is 1. The summed E-state index contributed by atoms with van der Waals surface area (Å²) < 4.78 is 1.35. The van der Waals surface area contributed by atoms with Crippen LogP contribution in [0, 0.1) is 0 Å². The Morgan fingerprint density at radius 3 is 2.92 bits per heavy atom. The van der Waals surface area contributed by atoms with Gasteiger partial charge in [0.05, 0.1) is 0 Å². The molecule has 126 valence electrons. The van der Waals surface area contributed by atoms with Gasteiger partial charge in [-0.2, -0.15) is 0 Å². The van der Waals surface area contributed by atoms with Crippen LogP contribution >= 0.6 is 0 Å². The molecule has 1 N–H and O–H groups in total. The molecule has 7 nitrogen and oxygen atoms in total. The topological polar surface area (TPSA) is 92.0 Å². The zero-order valence-corrected chi connectivity index (χ0v) is 13.2. The van der Waals surface area contributed by atoms with Crippen LogP contribution in [0.2, 0.25) is 0 Å². The molecule has 0 radical (unpaired) electrons. The number of aliphatic carboxylic acids is 1. The lowest BCUT2D eigenvalue weighted by atomic mass is 9.97. The van der Waals surface area contributed by atoms with Gasteiger partial charge >= 0.3 is 5.97 Å². The molecule has 7 heteroatoms. The van der Waals surface area contributed by atoms with Crippen molar-refractivity contribution in [3.63, 3.8) is 0 Å². The summed E-state index contributed by atoms with van der Waals surface area (Å²) in [5, 5.41) is 8.88. The Labute approximate surface area is 138 Å². The van der Waals surface area contributed by atoms with Crippen molar-refractivity contribution < 1.29 is 14.7 Å². The van der Waals surface area contributed by atoms with Crippen molar-refractivity contribution in [1.29, 1.82) is 0 Å². The van der Waals surface area contributed by atoms with E-state index in [4.69, 9.17) is 5.11 Å². The van der Waals surface area contributed by atoms with E-state index in [9.17, 15) is 14.4 Å². The first-order chi connectivity index (χ1) is 11.6. The monoisotopic (exact) mass is 329 g/mol. The molecule has 1 fully saturated rings. The quantitative estimate of drug-likeness (QED) is 0.919. The molecule has 0 unspecified atom stereocenters. The van der Waals surface area contributed by atoms with Crippen molar-refractivity contribution in [2.75, 3.05) is 6.54 Å². The van der Waals surface area contributed by atoms with Crippen LogP contribution in [0.15, 0.2) is 35.4 Å². The Bertz CT molecular complexity index is 830. The van der Waals surface area contributed by atoms with E-state index in [0.717, 1.165) is 19.3 Å². The van der Waals surface area contributed by atoms with Crippen LogP contribution in [0.25, 0.3) is 5.65 Å². The number of carboxylic acids is 1. The zero-order valence-electron chi connectivity index (χ0n) is 13.2. The molecule has 1 amide bonds. The van der Waals surface area contributed by atoms with Crippen molar-refractivity contribution in [2.45, 2.75) is 38.1 Å². The molecule has 0 bridgehead atoms. The molecule has 1 atom stereocenters. The summed E-state index contributed by atoms with van der Waals surface area (Å²) in [5.41, 5.74) is 0.120. The Hall–Kier alpha value is -2.70. The molecule has 3 heterocycles. The van der Waals surface area contributed by atoms with Crippen molar-refractivity contribution in [3.05, 3.63) is 46.5 Å². The maximum Gasteiger partial charge on any atom is 0.303 e. The lowest BCUT2D eigenvalue weighted by molar-refractivity contribution is -0.137. The maximum atomic E-state index is 12.8. The van der Waals surface area contributed by atoms with Gasteiger partial charge in [0.15, 0.2) is 0 Å². The second-order valence-electron chi connectivity index (χ2n) is 5.99. The summed E-state index contributed by atoms with van der Waals surface area (Å²) >= 11 is 0. The number of carbonyl (C=O) groups excluding carboxylic acids is 1. The minimum atomic E-state index is -0.875. The maximum absolute atomic E-state index is 12.8. The third kappa shape index (κ3) is 3.15. The minimum Gasteiger partial charge on any atom is -0.481 e. The van der Waals surface area contributed by atoms with E-state index in [2.05, 4.69) is 4.98 Å². The van der Waals surface area contributed by atoms with E-state index in [0.29, 0.717) is 18.6 Å². The van der Waals surface area contributed by atoms with E-state index >= 15 is 0 Å². The molecule has 2 aromatic rings. The standard InChI is InChI=1S/C17H19N3O4/c21-15(22)8-7-12-5-1-3-9-19(12)16(23)13-11-18-14-6-2-4-10-20(14)17(13)24/h2,4,6,10-12H,1,3,5,7-9H2,(H,21,22)/t12-/m1/s1. The van der Waals surface area contributed by atoms with Gasteiger partial charge in [-0.15, -0.1) is 0 Å². The van der Waals surface area contributed by atoms with E-state index in [-0.39, 0.29) is 23.9 Å². The second-order valence-corrected chi connectivity index (χ2v) is 5.99. The zero-order chi connectivity index (χ0) is 17.1. The average molecular weight is 329 g/mol. The fourth-order valence-corrected chi connectivity index (χ4v) is 3.19. The first-order valence-electron chi connectivity index (χ1n) is 8.07. The lowest BCUT2D eigenvalue weighted by Crippen LogP contribution is -2.45. The average Bonchev–Trinajstić information content (AvgIpc) is 2.60. The van der Waals surface area contributed by atoms with Gasteiger partial charge in [0, 0.05) is 31.4 Å². The number of likely N-dealkylation sites (tertiary alicyclic amines) is 1. The van der Waals surface area contributed by atoms with Gasteiger partial charge in [-0.25, -0.2) is 4.98 Å². The number of rotatable bonds is 4. The van der Waals surface area contributed by atoms with E-state index in [1.54, 1.807) is 29.3 Å². The molecule has 0 spiro atoms. The largest absolute Gasteiger partial charge is 0.481 e. The van der Waals surface area contributed by atoms with Crippen LogP contribution in [0.5, 0.6) is 0 Å². The van der Waals surface area contributed by atoms with Gasteiger partial charge in [0.2, 0.25) is 0 Å². The van der Waals surface area contributed by atoms with Gasteiger partial charge < -0.3 is 10.0 Å². The number of hydrogen-bond acceptors (Lipinski definition) is 4. The SMILES string of the molecule is O=C(O)CC[C@H]1CCCCN1C(=O)c1cnc2ccccn2c1=O. The highest BCUT2D eigenvalue weighted by atomic mass is 16.4. The summed E-state index contributed by atoms with van der Waals surface area (Å²) in [6.45, 7) is 0.542.